The highest BCUT2D eigenvalue weighted by Gasteiger charge is 2.33. The number of amides is 6. The summed E-state index contributed by atoms with van der Waals surface area (Å²) in [6.45, 7) is 3.66. The van der Waals surface area contributed by atoms with Gasteiger partial charge in [-0.3, -0.25) is 28.8 Å². The zero-order chi connectivity index (χ0) is 69.3. The van der Waals surface area contributed by atoms with E-state index in [0.717, 1.165) is 57.7 Å². The molecule has 27 nitrogen and oxygen atoms in total. The number of rotatable bonds is 16. The van der Waals surface area contributed by atoms with Gasteiger partial charge in [-0.05, 0) is 117 Å². The summed E-state index contributed by atoms with van der Waals surface area (Å²) in [5, 5.41) is 30.7. The van der Waals surface area contributed by atoms with Gasteiger partial charge in [0.15, 0.2) is 11.5 Å². The first-order valence-corrected chi connectivity index (χ1v) is 32.3. The lowest BCUT2D eigenvalue weighted by molar-refractivity contribution is -0.119. The summed E-state index contributed by atoms with van der Waals surface area (Å²) in [6, 6.07) is 39.7. The van der Waals surface area contributed by atoms with Crippen molar-refractivity contribution in [2.24, 2.45) is 45.5 Å². The third-order valence-corrected chi connectivity index (χ3v) is 17.9. The Labute approximate surface area is 628 Å². The van der Waals surface area contributed by atoms with E-state index in [1.807, 2.05) is 104 Å². The number of hydrogen-bond donors (Lipinski definition) is 12. The molecule has 106 heavy (non-hydrogen) atoms. The van der Waals surface area contributed by atoms with Crippen molar-refractivity contribution in [3.63, 3.8) is 0 Å². The molecule has 0 fully saturated rings. The fourth-order valence-corrected chi connectivity index (χ4v) is 12.9. The van der Waals surface area contributed by atoms with Crippen LogP contribution in [0.5, 0.6) is 0 Å². The zero-order valence-corrected chi connectivity index (χ0v) is 57.9. The van der Waals surface area contributed by atoms with Crippen LogP contribution in [0.2, 0.25) is 0 Å². The molecular formula is C76H82Cl3N19O8. The van der Waals surface area contributed by atoms with Crippen LogP contribution in [0.3, 0.4) is 0 Å². The molecule has 0 unspecified atom stereocenters. The Balaban J connectivity index is 0.000000195. The molecule has 0 radical (unpaired) electrons. The number of aromatic nitrogens is 7. The minimum atomic E-state index is -0.691. The minimum Gasteiger partial charge on any atom is -0.354 e. The summed E-state index contributed by atoms with van der Waals surface area (Å²) in [5.74, 6) is -0.927. The molecule has 12 aromatic rings. The number of anilines is 3. The van der Waals surface area contributed by atoms with Crippen LogP contribution in [0, 0.1) is 19.8 Å². The van der Waals surface area contributed by atoms with E-state index in [9.17, 15) is 28.8 Å². The van der Waals surface area contributed by atoms with E-state index >= 15 is 0 Å². The fraction of sp³-hybridized carbons (Fsp3) is 0.211. The monoisotopic (exact) mass is 1490 g/mol. The van der Waals surface area contributed by atoms with Crippen molar-refractivity contribution in [2.45, 2.75) is 92.8 Å². The average Bonchev–Trinajstić information content (AvgIpc) is 1.61. The molecule has 3 aliphatic heterocycles. The lowest BCUT2D eigenvalue weighted by atomic mass is 9.96. The Hall–Kier alpha value is -11.9. The van der Waals surface area contributed by atoms with Crippen LogP contribution >= 0.6 is 37.2 Å². The summed E-state index contributed by atoms with van der Waals surface area (Å²) in [5.41, 5.74) is 41.9. The minimum absolute atomic E-state index is 0. The summed E-state index contributed by atoms with van der Waals surface area (Å²) >= 11 is 0. The Bertz CT molecular complexity index is 5090. The van der Waals surface area contributed by atoms with Gasteiger partial charge in [-0.1, -0.05) is 118 Å². The molecule has 16 rings (SSSR count). The number of hydrogen-bond acceptors (Lipinski definition) is 17. The molecule has 0 saturated heterocycles. The van der Waals surface area contributed by atoms with Gasteiger partial charge in [-0.2, -0.15) is 15.3 Å². The van der Waals surface area contributed by atoms with Crippen molar-refractivity contribution in [2.75, 3.05) is 16.0 Å². The Morgan fingerprint density at radius 2 is 0.887 bits per heavy atom. The van der Waals surface area contributed by atoms with E-state index in [2.05, 4.69) is 89.9 Å². The third-order valence-electron chi connectivity index (χ3n) is 17.9. The highest BCUT2D eigenvalue weighted by atomic mass is 35.5. The molecule has 6 aromatic carbocycles. The smallest absolute Gasteiger partial charge is 0.272 e. The number of halogens is 3. The number of hydrazone groups is 3. The van der Waals surface area contributed by atoms with Crippen LogP contribution in [0.25, 0.3) is 67.0 Å². The number of fused-ring (bicyclic) bond motifs is 1. The van der Waals surface area contributed by atoms with E-state index in [-0.39, 0.29) is 101 Å². The second-order valence-electron chi connectivity index (χ2n) is 25.0. The number of H-pyrrole nitrogens is 3. The Kier molecular flexibility index (Phi) is 25.7. The molecule has 6 amide bonds. The summed E-state index contributed by atoms with van der Waals surface area (Å²) in [4.78, 5) is 90.9. The normalized spacial score (nSPS) is 13.5. The SMILES string of the molecule is C.C.C.Cc1cc(-c2[nH]c3cc(NC(=O)[C@H](N)C4Cc5ccccc5C4)cc4c3c2C=NNC4=O)on1.Cc1cc(-c2[nH]c3cc(NC(=O)[C@H](N)CCc4ccccc4)cc4c3c2C=NNC4=O)on1.Cl.Cl.Cl.Cn1cnc(-c2[nH]c3cc(NC(=O)[C@H](N)CCc4ccccc4)cc4c3c2C=NNC4=O)c1. The largest absolute Gasteiger partial charge is 0.354 e. The Morgan fingerprint density at radius 3 is 1.25 bits per heavy atom. The summed E-state index contributed by atoms with van der Waals surface area (Å²) in [6.07, 6.45) is 12.3. The van der Waals surface area contributed by atoms with Crippen molar-refractivity contribution in [3.05, 3.63) is 213 Å². The van der Waals surface area contributed by atoms with Gasteiger partial charge >= 0.3 is 0 Å². The number of nitrogens with one attached hydrogen (secondary N) is 9. The number of nitrogens with two attached hydrogens (primary N) is 3. The van der Waals surface area contributed by atoms with Gasteiger partial charge in [-0.15, -0.1) is 37.2 Å². The lowest BCUT2D eigenvalue weighted by Crippen LogP contribution is -2.42. The standard InChI is InChI=1S/C25H22N6O3.C24H23N7O2.C24H22N6O3.3CH4.3ClH/c1-12-6-20(34-31-12)23-18-11-27-30-24(32)17-9-16(10-19(29-23)21(17)18)28-25(33)22(26)15-7-13-4-2-3-5-14(13)8-15;1-31-12-20(26-13-31)22-17-11-27-30-23(32)16-9-15(10-19(29-22)21(16)17)28-24(33)18(25)8-7-14-5-3-2-4-6-14;1-13-9-20(33-30-13)22-17-12-26-29-23(31)16-10-15(11-19(28-22)21(16)17)27-24(32)18(25)8-7-14-5-3-2-4-6-14;;;;;;/h2-6,9-11,15,22,29H,7-8,26H2,1H3,(H,28,33)(H,30,32);2-6,9-13,18,29H,7-8,25H2,1H3,(H,28,33)(H,30,32);2-6,9-12,18,28H,7-8,25H2,1H3,(H,27,32)(H,29,31);3*1H4;3*1H/t22-;2*18-;;;;;;/m111....../s1. The molecule has 550 valence electrons. The predicted octanol–water partition coefficient (Wildman–Crippen LogP) is 11.7. The van der Waals surface area contributed by atoms with Crippen molar-refractivity contribution in [1.29, 1.82) is 0 Å². The highest BCUT2D eigenvalue weighted by Crippen LogP contribution is 2.39. The maximum atomic E-state index is 13.1. The van der Waals surface area contributed by atoms with E-state index in [1.54, 1.807) is 73.5 Å². The van der Waals surface area contributed by atoms with E-state index < -0.39 is 18.1 Å². The van der Waals surface area contributed by atoms with Gasteiger partial charge in [0.25, 0.3) is 17.7 Å². The van der Waals surface area contributed by atoms with Crippen LogP contribution in [0.4, 0.5) is 17.1 Å². The molecule has 4 aliphatic rings. The van der Waals surface area contributed by atoms with Crippen LogP contribution in [-0.4, -0.2) is 107 Å². The number of aromatic amines is 3. The van der Waals surface area contributed by atoms with E-state index in [0.29, 0.717) is 121 Å². The third kappa shape index (κ3) is 16.7. The number of carbonyl (C=O) groups is 6. The van der Waals surface area contributed by atoms with Gasteiger partial charge < -0.3 is 61.7 Å². The molecule has 0 spiro atoms. The number of imidazole rings is 1. The lowest BCUT2D eigenvalue weighted by Gasteiger charge is -2.18. The van der Waals surface area contributed by atoms with Crippen molar-refractivity contribution in [1.82, 2.24) is 51.1 Å². The first-order valence-electron chi connectivity index (χ1n) is 32.3. The molecule has 30 heteroatoms. The van der Waals surface area contributed by atoms with Crippen LogP contribution in [0.1, 0.15) is 117 Å². The first kappa shape index (κ1) is 79.8. The van der Waals surface area contributed by atoms with E-state index in [4.69, 9.17) is 26.2 Å². The Morgan fingerprint density at radius 1 is 0.519 bits per heavy atom. The van der Waals surface area contributed by atoms with Crippen molar-refractivity contribution in [3.8, 4) is 34.3 Å². The quantitative estimate of drug-likeness (QED) is 0.0428. The number of aryl methyl sites for hydroxylation is 5. The van der Waals surface area contributed by atoms with Gasteiger partial charge in [0.2, 0.25) is 17.7 Å². The number of carbonyl (C=O) groups excluding carboxylic acids is 6. The maximum absolute atomic E-state index is 13.1. The second kappa shape index (κ2) is 34.2. The van der Waals surface area contributed by atoms with Crippen molar-refractivity contribution >= 4 is 141 Å². The van der Waals surface area contributed by atoms with Crippen LogP contribution < -0.4 is 49.4 Å². The van der Waals surface area contributed by atoms with Gasteiger partial charge in [-0.25, -0.2) is 21.3 Å². The molecule has 3 atom stereocenters. The topological polar surface area (TPSA) is 407 Å². The molecule has 0 bridgehead atoms. The number of benzene rings is 6. The second-order valence-corrected chi connectivity index (χ2v) is 25.0. The van der Waals surface area contributed by atoms with Gasteiger partial charge in [0.1, 0.15) is 5.69 Å². The van der Waals surface area contributed by atoms with Crippen LogP contribution in [0.15, 0.2) is 170 Å². The average molecular weight is 1500 g/mol. The molecule has 15 N–H and O–H groups in total. The maximum Gasteiger partial charge on any atom is 0.272 e. The molecule has 6 aromatic heterocycles. The molecule has 9 heterocycles. The van der Waals surface area contributed by atoms with Gasteiger partial charge in [0.05, 0.1) is 88.3 Å². The van der Waals surface area contributed by atoms with E-state index in [1.165, 1.54) is 11.1 Å². The zero-order valence-electron chi connectivity index (χ0n) is 55.5. The molecule has 1 aliphatic carbocycles. The molecule has 0 saturated carbocycles. The number of nitrogens with zero attached hydrogens (tertiary/aromatic N) is 7. The predicted molar refractivity (Wildman–Crippen MR) is 421 cm³/mol. The molecular weight excluding hydrogens is 1410 g/mol. The van der Waals surface area contributed by atoms with Crippen molar-refractivity contribution < 1.29 is 37.8 Å². The fourth-order valence-electron chi connectivity index (χ4n) is 12.9. The summed E-state index contributed by atoms with van der Waals surface area (Å²) < 4.78 is 12.7. The summed E-state index contributed by atoms with van der Waals surface area (Å²) in [7, 11) is 1.89. The van der Waals surface area contributed by atoms with Gasteiger partial charge in [0, 0.05) is 91.8 Å². The first-order chi connectivity index (χ1) is 48.5. The highest BCUT2D eigenvalue weighted by molar-refractivity contribution is 6.21. The van der Waals surface area contributed by atoms with Crippen LogP contribution in [-0.2, 0) is 47.1 Å².